The van der Waals surface area contributed by atoms with E-state index in [0.29, 0.717) is 0 Å². The Balaban J connectivity index is 1.93. The third kappa shape index (κ3) is 25.0. The fourth-order valence-electron chi connectivity index (χ4n) is 6.44. The maximum Gasteiger partial charge on any atom is -0.0265 e. The summed E-state index contributed by atoms with van der Waals surface area (Å²) in [5.41, 5.74) is 3.28. The minimum atomic E-state index is 1.33. The number of rotatable bonds is 32. The normalized spacial score (nSPS) is 12.7. The van der Waals surface area contributed by atoms with Crippen LogP contribution in [0.2, 0.25) is 0 Å². The highest BCUT2D eigenvalue weighted by molar-refractivity contribution is 5.43. The van der Waals surface area contributed by atoms with Gasteiger partial charge in [0.25, 0.3) is 0 Å². The van der Waals surface area contributed by atoms with Gasteiger partial charge in [0.15, 0.2) is 0 Å². The van der Waals surface area contributed by atoms with Crippen molar-refractivity contribution in [3.63, 3.8) is 0 Å². The molecule has 0 radical (unpaired) electrons. The van der Waals surface area contributed by atoms with Crippen LogP contribution in [0.25, 0.3) is 0 Å². The van der Waals surface area contributed by atoms with Crippen molar-refractivity contribution in [1.29, 1.82) is 0 Å². The number of hydrogen-bond donors (Lipinski definition) is 0. The monoisotopic (exact) mass is 555 g/mol. The maximum atomic E-state index is 2.35. The molecule has 0 atom stereocenters. The van der Waals surface area contributed by atoms with Crippen molar-refractivity contribution in [1.82, 2.24) is 0 Å². The van der Waals surface area contributed by atoms with Crippen LogP contribution in [-0.2, 0) is 0 Å². The molecular weight excluding hydrogens is 480 g/mol. The zero-order valence-electron chi connectivity index (χ0n) is 27.9. The molecule has 0 aliphatic heterocycles. The predicted octanol–water partition coefficient (Wildman–Crippen LogP) is 14.9. The van der Waals surface area contributed by atoms with Gasteiger partial charge in [-0.1, -0.05) is 224 Å². The molecule has 0 aromatic heterocycles. The molecule has 0 aromatic rings. The van der Waals surface area contributed by atoms with Crippen molar-refractivity contribution in [2.45, 2.75) is 219 Å². The van der Waals surface area contributed by atoms with Gasteiger partial charge in [0.2, 0.25) is 0 Å². The van der Waals surface area contributed by atoms with Crippen molar-refractivity contribution in [3.05, 3.63) is 35.5 Å². The summed E-state index contributed by atoms with van der Waals surface area (Å²) < 4.78 is 0. The molecule has 0 heterocycles. The quantitative estimate of drug-likeness (QED) is 0.0725. The first-order chi connectivity index (χ1) is 19.9. The Morgan fingerprint density at radius 1 is 0.325 bits per heavy atom. The van der Waals surface area contributed by atoms with Crippen molar-refractivity contribution in [2.75, 3.05) is 0 Å². The lowest BCUT2D eigenvalue weighted by Gasteiger charge is -2.11. The molecule has 0 N–H and O–H groups in total. The Kier molecular flexibility index (Phi) is 29.0. The van der Waals surface area contributed by atoms with Gasteiger partial charge in [-0.25, -0.2) is 0 Å². The van der Waals surface area contributed by atoms with Gasteiger partial charge in [0, 0.05) is 0 Å². The molecule has 0 heteroatoms. The van der Waals surface area contributed by atoms with E-state index in [9.17, 15) is 0 Å². The largest absolute Gasteiger partial charge is 0.0654 e. The number of hydrogen-bond acceptors (Lipinski definition) is 0. The second-order valence-corrected chi connectivity index (χ2v) is 13.2. The summed E-state index contributed by atoms with van der Waals surface area (Å²) in [6.07, 6.45) is 55.4. The maximum absolute atomic E-state index is 2.35. The molecule has 0 spiro atoms. The molecule has 1 aliphatic carbocycles. The van der Waals surface area contributed by atoms with Gasteiger partial charge in [0.05, 0.1) is 0 Å². The fraction of sp³-hybridized carbons (Fsp3) is 0.850. The van der Waals surface area contributed by atoms with Crippen LogP contribution in [0, 0.1) is 0 Å². The van der Waals surface area contributed by atoms with Crippen LogP contribution in [0.4, 0.5) is 0 Å². The molecule has 0 unspecified atom stereocenters. The lowest BCUT2D eigenvalue weighted by atomic mass is 9.95. The van der Waals surface area contributed by atoms with Gasteiger partial charge in [-0.3, -0.25) is 0 Å². The average molecular weight is 555 g/mol. The van der Waals surface area contributed by atoms with Crippen molar-refractivity contribution in [3.8, 4) is 0 Å². The smallest absolute Gasteiger partial charge is 0.0265 e. The third-order valence-electron chi connectivity index (χ3n) is 9.24. The molecule has 0 nitrogen and oxygen atoms in total. The topological polar surface area (TPSA) is 0 Å². The molecule has 40 heavy (non-hydrogen) atoms. The van der Waals surface area contributed by atoms with Crippen LogP contribution in [-0.4, -0.2) is 0 Å². The van der Waals surface area contributed by atoms with Crippen molar-refractivity contribution < 1.29 is 0 Å². The van der Waals surface area contributed by atoms with E-state index in [4.69, 9.17) is 0 Å². The molecule has 0 fully saturated rings. The van der Waals surface area contributed by atoms with Gasteiger partial charge in [0.1, 0.15) is 0 Å². The summed E-state index contributed by atoms with van der Waals surface area (Å²) >= 11 is 0. The van der Waals surface area contributed by atoms with Crippen molar-refractivity contribution in [2.24, 2.45) is 0 Å². The Bertz CT molecular complexity index is 541. The summed E-state index contributed by atoms with van der Waals surface area (Å²) in [4.78, 5) is 0. The molecule has 1 aliphatic rings. The first kappa shape index (κ1) is 37.2. The van der Waals surface area contributed by atoms with Gasteiger partial charge in [-0.15, -0.1) is 0 Å². The highest BCUT2D eigenvalue weighted by Gasteiger charge is 2.05. The van der Waals surface area contributed by atoms with Crippen LogP contribution in [0.15, 0.2) is 35.5 Å². The average Bonchev–Trinajstić information content (AvgIpc) is 3.51. The molecular formula is C40H74. The summed E-state index contributed by atoms with van der Waals surface area (Å²) in [5, 5.41) is 0. The molecule has 0 aromatic carbocycles. The first-order valence-corrected chi connectivity index (χ1v) is 18.9. The Morgan fingerprint density at radius 2 is 0.550 bits per heavy atom. The van der Waals surface area contributed by atoms with Crippen LogP contribution < -0.4 is 0 Å². The minimum absolute atomic E-state index is 1.33. The van der Waals surface area contributed by atoms with Crippen molar-refractivity contribution >= 4 is 0 Å². The molecule has 0 saturated heterocycles. The summed E-state index contributed by atoms with van der Waals surface area (Å²) in [7, 11) is 0. The minimum Gasteiger partial charge on any atom is -0.0654 e. The van der Waals surface area contributed by atoms with Crippen LogP contribution in [0.3, 0.4) is 0 Å². The zero-order chi connectivity index (χ0) is 28.6. The van der Waals surface area contributed by atoms with E-state index >= 15 is 0 Å². The standard InChI is InChI=1S/C40H74/c1-3-5-7-9-11-13-15-17-19-21-23-25-27-29-31-35-39(40-37-33-34-38-40)36-32-30-28-26-24-22-20-18-16-14-12-10-8-6-4-2/h33-34,37-38H,3-32,35-36H2,1-2H3. The van der Waals surface area contributed by atoms with Gasteiger partial charge in [-0.2, -0.15) is 0 Å². The van der Waals surface area contributed by atoms with E-state index in [-0.39, 0.29) is 0 Å². The highest BCUT2D eigenvalue weighted by Crippen LogP contribution is 2.25. The fourth-order valence-corrected chi connectivity index (χ4v) is 6.44. The SMILES string of the molecule is CCCCCCCCCCCCCCCCCC(CCCCCCCCCCCCCCCCC)=C1C=CC=C1. The molecule has 0 bridgehead atoms. The van der Waals surface area contributed by atoms with Gasteiger partial charge >= 0.3 is 0 Å². The van der Waals surface area contributed by atoms with E-state index < -0.39 is 0 Å². The third-order valence-corrected chi connectivity index (χ3v) is 9.24. The Labute approximate surface area is 254 Å². The Morgan fingerprint density at radius 3 is 0.800 bits per heavy atom. The van der Waals surface area contributed by atoms with Gasteiger partial charge < -0.3 is 0 Å². The van der Waals surface area contributed by atoms with Gasteiger partial charge in [-0.05, 0) is 31.3 Å². The molecule has 0 amide bonds. The second-order valence-electron chi connectivity index (χ2n) is 13.2. The van der Waals surface area contributed by atoms with Crippen LogP contribution in [0.1, 0.15) is 219 Å². The van der Waals surface area contributed by atoms with E-state index in [1.165, 1.54) is 211 Å². The summed E-state index contributed by atoms with van der Waals surface area (Å²) in [6, 6.07) is 0. The highest BCUT2D eigenvalue weighted by atomic mass is 14.1. The first-order valence-electron chi connectivity index (χ1n) is 18.9. The summed E-state index contributed by atoms with van der Waals surface area (Å²) in [6.45, 7) is 4.62. The van der Waals surface area contributed by atoms with E-state index in [1.54, 1.807) is 5.57 Å². The van der Waals surface area contributed by atoms with E-state index in [1.807, 2.05) is 0 Å². The number of unbranched alkanes of at least 4 members (excludes halogenated alkanes) is 28. The second kappa shape index (κ2) is 31.2. The molecule has 0 saturated carbocycles. The molecule has 234 valence electrons. The number of allylic oxidation sites excluding steroid dienone is 6. The lowest BCUT2D eigenvalue weighted by molar-refractivity contribution is 0.528. The van der Waals surface area contributed by atoms with Crippen LogP contribution in [0.5, 0.6) is 0 Å². The predicted molar refractivity (Wildman–Crippen MR) is 184 cm³/mol. The summed E-state index contributed by atoms with van der Waals surface area (Å²) in [5.74, 6) is 0. The van der Waals surface area contributed by atoms with E-state index in [0.717, 1.165) is 0 Å². The Hall–Kier alpha value is -0.780. The van der Waals surface area contributed by atoms with Crippen LogP contribution >= 0.6 is 0 Å². The zero-order valence-corrected chi connectivity index (χ0v) is 27.9. The van der Waals surface area contributed by atoms with E-state index in [2.05, 4.69) is 38.2 Å². The molecule has 1 rings (SSSR count). The lowest BCUT2D eigenvalue weighted by Crippen LogP contribution is -1.91.